The Labute approximate surface area is 186 Å². The number of aromatic nitrogens is 3. The molecule has 1 aromatic carbocycles. The standard InChI is InChI=1S/C25H23FN4O2/c1-3-23-21(8-6-18-5-4-17(2)27-15-18)24(29-16-28-23)19-7-9-20(22(26)14-19)25(31)30-10-12-32-13-11-30/h4-5,7,9,14-16H,3,10-13H2,1-2H3. The van der Waals surface area contributed by atoms with Gasteiger partial charge < -0.3 is 9.64 Å². The lowest BCUT2D eigenvalue weighted by Crippen LogP contribution is -2.41. The zero-order valence-electron chi connectivity index (χ0n) is 18.1. The van der Waals surface area contributed by atoms with Crippen LogP contribution in [0.25, 0.3) is 11.3 Å². The van der Waals surface area contributed by atoms with Gasteiger partial charge in [0, 0.05) is 36.1 Å². The molecule has 1 aliphatic rings. The minimum Gasteiger partial charge on any atom is -0.378 e. The Morgan fingerprint density at radius 3 is 2.62 bits per heavy atom. The number of aryl methyl sites for hydroxylation is 2. The number of benzene rings is 1. The summed E-state index contributed by atoms with van der Waals surface area (Å²) in [6, 6.07) is 8.35. The fourth-order valence-electron chi connectivity index (χ4n) is 3.49. The quantitative estimate of drug-likeness (QED) is 0.596. The molecule has 0 N–H and O–H groups in total. The van der Waals surface area contributed by atoms with E-state index >= 15 is 0 Å². The van der Waals surface area contributed by atoms with Gasteiger partial charge in [-0.15, -0.1) is 0 Å². The van der Waals surface area contributed by atoms with Gasteiger partial charge in [-0.05, 0) is 37.6 Å². The molecule has 0 spiro atoms. The molecular formula is C25H23FN4O2. The van der Waals surface area contributed by atoms with Crippen molar-refractivity contribution < 1.29 is 13.9 Å². The third kappa shape index (κ3) is 4.66. The molecule has 1 aliphatic heterocycles. The topological polar surface area (TPSA) is 68.2 Å². The van der Waals surface area contributed by atoms with Crippen molar-refractivity contribution in [1.29, 1.82) is 0 Å². The van der Waals surface area contributed by atoms with Crippen molar-refractivity contribution in [2.24, 2.45) is 0 Å². The SMILES string of the molecule is CCc1ncnc(-c2ccc(C(=O)N3CCOCC3)c(F)c2)c1C#Cc1ccc(C)nc1. The van der Waals surface area contributed by atoms with Crippen LogP contribution >= 0.6 is 0 Å². The van der Waals surface area contributed by atoms with Crippen LogP contribution in [0, 0.1) is 24.6 Å². The zero-order chi connectivity index (χ0) is 22.5. The van der Waals surface area contributed by atoms with Crippen molar-refractivity contribution in [3.8, 4) is 23.1 Å². The fourth-order valence-corrected chi connectivity index (χ4v) is 3.49. The van der Waals surface area contributed by atoms with Crippen molar-refractivity contribution in [2.45, 2.75) is 20.3 Å². The van der Waals surface area contributed by atoms with Gasteiger partial charge in [-0.3, -0.25) is 9.78 Å². The second kappa shape index (κ2) is 9.67. The number of hydrogen-bond donors (Lipinski definition) is 0. The molecule has 3 aromatic rings. The highest BCUT2D eigenvalue weighted by Gasteiger charge is 2.22. The molecule has 1 amide bonds. The molecular weight excluding hydrogens is 407 g/mol. The van der Waals surface area contributed by atoms with E-state index in [2.05, 4.69) is 26.8 Å². The first-order valence-electron chi connectivity index (χ1n) is 10.5. The number of carbonyl (C=O) groups excluding carboxylic acids is 1. The predicted octanol–water partition coefficient (Wildman–Crippen LogP) is 3.42. The second-order valence-electron chi connectivity index (χ2n) is 7.43. The summed E-state index contributed by atoms with van der Waals surface area (Å²) in [4.78, 5) is 27.3. The summed E-state index contributed by atoms with van der Waals surface area (Å²) in [5.74, 6) is 5.33. The van der Waals surface area contributed by atoms with Crippen LogP contribution in [-0.2, 0) is 11.2 Å². The Kier molecular flexibility index (Phi) is 6.52. The summed E-state index contributed by atoms with van der Waals surface area (Å²) in [6.45, 7) is 5.74. The molecule has 3 heterocycles. The van der Waals surface area contributed by atoms with Gasteiger partial charge in [0.2, 0.25) is 0 Å². The molecule has 0 atom stereocenters. The Morgan fingerprint density at radius 2 is 1.94 bits per heavy atom. The summed E-state index contributed by atoms with van der Waals surface area (Å²) in [7, 11) is 0. The van der Waals surface area contributed by atoms with Gasteiger partial charge in [-0.2, -0.15) is 0 Å². The number of pyridine rings is 1. The van der Waals surface area contributed by atoms with Crippen LogP contribution in [0.1, 0.15) is 39.8 Å². The van der Waals surface area contributed by atoms with E-state index < -0.39 is 5.82 Å². The van der Waals surface area contributed by atoms with Crippen LogP contribution in [0.2, 0.25) is 0 Å². The molecule has 4 rings (SSSR count). The first kappa shape index (κ1) is 21.6. The molecule has 0 radical (unpaired) electrons. The van der Waals surface area contributed by atoms with Crippen molar-refractivity contribution in [2.75, 3.05) is 26.3 Å². The van der Waals surface area contributed by atoms with Crippen molar-refractivity contribution >= 4 is 5.91 Å². The van der Waals surface area contributed by atoms with Crippen LogP contribution in [0.5, 0.6) is 0 Å². The molecule has 6 nitrogen and oxygen atoms in total. The van der Waals surface area contributed by atoms with Gasteiger partial charge in [0.15, 0.2) is 0 Å². The fraction of sp³-hybridized carbons (Fsp3) is 0.280. The lowest BCUT2D eigenvalue weighted by atomic mass is 10.0. The van der Waals surface area contributed by atoms with E-state index in [4.69, 9.17) is 4.74 Å². The van der Waals surface area contributed by atoms with Gasteiger partial charge in [0.25, 0.3) is 5.91 Å². The Hall–Kier alpha value is -3.63. The highest BCUT2D eigenvalue weighted by atomic mass is 19.1. The number of halogens is 1. The minimum absolute atomic E-state index is 0.0405. The van der Waals surface area contributed by atoms with Gasteiger partial charge in [-0.25, -0.2) is 14.4 Å². The summed E-state index contributed by atoms with van der Waals surface area (Å²) in [5, 5.41) is 0. The average molecular weight is 430 g/mol. The Morgan fingerprint density at radius 1 is 1.12 bits per heavy atom. The van der Waals surface area contributed by atoms with Crippen LogP contribution in [0.15, 0.2) is 42.9 Å². The maximum Gasteiger partial charge on any atom is 0.256 e. The van der Waals surface area contributed by atoms with Gasteiger partial charge in [-0.1, -0.05) is 24.8 Å². The summed E-state index contributed by atoms with van der Waals surface area (Å²) >= 11 is 0. The third-order valence-corrected chi connectivity index (χ3v) is 5.28. The van der Waals surface area contributed by atoms with E-state index in [1.807, 2.05) is 26.0 Å². The lowest BCUT2D eigenvalue weighted by Gasteiger charge is -2.27. The van der Waals surface area contributed by atoms with E-state index in [0.29, 0.717) is 49.5 Å². The normalized spacial score (nSPS) is 13.4. The van der Waals surface area contributed by atoms with Crippen LogP contribution in [0.4, 0.5) is 4.39 Å². The number of rotatable bonds is 3. The van der Waals surface area contributed by atoms with E-state index in [-0.39, 0.29) is 11.5 Å². The maximum absolute atomic E-state index is 15.0. The van der Waals surface area contributed by atoms with Crippen LogP contribution in [0.3, 0.4) is 0 Å². The molecule has 0 unspecified atom stereocenters. The predicted molar refractivity (Wildman–Crippen MR) is 118 cm³/mol. The molecule has 32 heavy (non-hydrogen) atoms. The van der Waals surface area contributed by atoms with Crippen molar-refractivity contribution in [1.82, 2.24) is 19.9 Å². The molecule has 0 saturated carbocycles. The smallest absolute Gasteiger partial charge is 0.256 e. The minimum atomic E-state index is -0.586. The number of amides is 1. The maximum atomic E-state index is 15.0. The molecule has 0 bridgehead atoms. The Bertz CT molecular complexity index is 1190. The molecule has 162 valence electrons. The highest BCUT2D eigenvalue weighted by Crippen LogP contribution is 2.25. The lowest BCUT2D eigenvalue weighted by molar-refractivity contribution is 0.0300. The van der Waals surface area contributed by atoms with Crippen molar-refractivity contribution in [3.63, 3.8) is 0 Å². The van der Waals surface area contributed by atoms with Crippen LogP contribution in [-0.4, -0.2) is 52.1 Å². The van der Waals surface area contributed by atoms with Crippen molar-refractivity contribution in [3.05, 3.63) is 76.8 Å². The molecule has 1 saturated heterocycles. The van der Waals surface area contributed by atoms with E-state index in [1.165, 1.54) is 18.5 Å². The van der Waals surface area contributed by atoms with Crippen LogP contribution < -0.4 is 0 Å². The number of morpholine rings is 1. The highest BCUT2D eigenvalue weighted by molar-refractivity contribution is 5.95. The second-order valence-corrected chi connectivity index (χ2v) is 7.43. The summed E-state index contributed by atoms with van der Waals surface area (Å²) in [6.07, 6.45) is 3.82. The monoisotopic (exact) mass is 430 g/mol. The van der Waals surface area contributed by atoms with Gasteiger partial charge >= 0.3 is 0 Å². The number of hydrogen-bond acceptors (Lipinski definition) is 5. The first-order valence-corrected chi connectivity index (χ1v) is 10.5. The molecule has 7 heteroatoms. The molecule has 2 aromatic heterocycles. The third-order valence-electron chi connectivity index (χ3n) is 5.28. The van der Waals surface area contributed by atoms with Gasteiger partial charge in [0.05, 0.1) is 35.7 Å². The molecule has 1 fully saturated rings. The average Bonchev–Trinajstić information content (AvgIpc) is 2.83. The largest absolute Gasteiger partial charge is 0.378 e. The number of ether oxygens (including phenoxy) is 1. The van der Waals surface area contributed by atoms with E-state index in [1.54, 1.807) is 17.2 Å². The molecule has 0 aliphatic carbocycles. The van der Waals surface area contributed by atoms with Gasteiger partial charge in [0.1, 0.15) is 12.1 Å². The van der Waals surface area contributed by atoms with E-state index in [9.17, 15) is 9.18 Å². The zero-order valence-corrected chi connectivity index (χ0v) is 18.1. The number of nitrogens with zero attached hydrogens (tertiary/aromatic N) is 4. The number of carbonyl (C=O) groups is 1. The van der Waals surface area contributed by atoms with E-state index in [0.717, 1.165) is 17.0 Å². The Balaban J connectivity index is 1.70. The summed E-state index contributed by atoms with van der Waals surface area (Å²) < 4.78 is 20.2. The summed E-state index contributed by atoms with van der Waals surface area (Å²) in [5.41, 5.74) is 4.22. The first-order chi connectivity index (χ1) is 15.6.